The Hall–Kier alpha value is -0.490. The summed E-state index contributed by atoms with van der Waals surface area (Å²) < 4.78 is 0.904. The highest BCUT2D eigenvalue weighted by Crippen LogP contribution is 2.30. The van der Waals surface area contributed by atoms with Crippen molar-refractivity contribution in [1.29, 1.82) is 0 Å². The fourth-order valence-electron chi connectivity index (χ4n) is 2.70. The number of anilines is 1. The van der Waals surface area contributed by atoms with Gasteiger partial charge in [-0.15, -0.1) is 24.8 Å². The van der Waals surface area contributed by atoms with Gasteiger partial charge in [-0.3, -0.25) is 9.69 Å². The van der Waals surface area contributed by atoms with E-state index in [1.807, 2.05) is 11.0 Å². The van der Waals surface area contributed by atoms with Crippen LogP contribution < -0.4 is 5.73 Å². The first-order valence-corrected chi connectivity index (χ1v) is 7.99. The smallest absolute Gasteiger partial charge is 0.256 e. The minimum atomic E-state index is 0. The van der Waals surface area contributed by atoms with E-state index in [-0.39, 0.29) is 30.7 Å². The van der Waals surface area contributed by atoms with Crippen LogP contribution in [0.4, 0.5) is 5.69 Å². The van der Waals surface area contributed by atoms with E-state index < -0.39 is 0 Å². The summed E-state index contributed by atoms with van der Waals surface area (Å²) >= 11 is 3.37. The van der Waals surface area contributed by atoms with E-state index >= 15 is 0 Å². The number of hydrogen-bond donors (Lipinski definition) is 1. The average Bonchev–Trinajstić information content (AvgIpc) is 3.23. The van der Waals surface area contributed by atoms with Crippen molar-refractivity contribution in [3.63, 3.8) is 0 Å². The third-order valence-electron chi connectivity index (χ3n) is 4.12. The van der Waals surface area contributed by atoms with Gasteiger partial charge in [0.2, 0.25) is 0 Å². The number of amides is 1. The molecule has 1 saturated heterocycles. The number of carbonyl (C=O) groups excluding carboxylic acids is 1. The van der Waals surface area contributed by atoms with Crippen molar-refractivity contribution >= 4 is 52.3 Å². The van der Waals surface area contributed by atoms with Gasteiger partial charge in [-0.1, -0.05) is 15.9 Å². The van der Waals surface area contributed by atoms with Crippen LogP contribution >= 0.6 is 40.7 Å². The Morgan fingerprint density at radius 1 is 1.18 bits per heavy atom. The Bertz CT molecular complexity index is 518. The van der Waals surface area contributed by atoms with Crippen LogP contribution in [0.5, 0.6) is 0 Å². The van der Waals surface area contributed by atoms with Crippen molar-refractivity contribution in [3.8, 4) is 0 Å². The summed E-state index contributed by atoms with van der Waals surface area (Å²) in [5, 5.41) is 0. The molecule has 2 N–H and O–H groups in total. The van der Waals surface area contributed by atoms with Crippen molar-refractivity contribution in [2.24, 2.45) is 5.92 Å². The molecular weight excluding hydrogens is 389 g/mol. The lowest BCUT2D eigenvalue weighted by molar-refractivity contribution is 0.0633. The fraction of sp³-hybridized carbons (Fsp3) is 0.533. The molecular formula is C15H22BrCl2N3O. The quantitative estimate of drug-likeness (QED) is 0.779. The Kier molecular flexibility index (Phi) is 7.46. The zero-order valence-electron chi connectivity index (χ0n) is 12.3. The molecule has 1 aromatic carbocycles. The van der Waals surface area contributed by atoms with Gasteiger partial charge in [0.15, 0.2) is 0 Å². The zero-order valence-corrected chi connectivity index (χ0v) is 15.6. The third-order valence-corrected chi connectivity index (χ3v) is 4.61. The molecule has 22 heavy (non-hydrogen) atoms. The number of nitrogens with two attached hydrogens (primary N) is 1. The van der Waals surface area contributed by atoms with Crippen molar-refractivity contribution in [2.75, 3.05) is 38.5 Å². The number of rotatable bonds is 3. The number of piperazine rings is 1. The highest BCUT2D eigenvalue weighted by molar-refractivity contribution is 9.10. The van der Waals surface area contributed by atoms with Gasteiger partial charge in [-0.2, -0.15) is 0 Å². The normalized spacial score (nSPS) is 18.3. The Morgan fingerprint density at radius 2 is 1.82 bits per heavy atom. The molecule has 7 heteroatoms. The van der Waals surface area contributed by atoms with Crippen molar-refractivity contribution in [2.45, 2.75) is 12.8 Å². The van der Waals surface area contributed by atoms with Gasteiger partial charge in [0.1, 0.15) is 0 Å². The Labute approximate surface area is 152 Å². The molecule has 0 bridgehead atoms. The molecule has 1 amide bonds. The van der Waals surface area contributed by atoms with E-state index in [4.69, 9.17) is 5.73 Å². The van der Waals surface area contributed by atoms with Gasteiger partial charge in [0.05, 0.1) is 5.56 Å². The van der Waals surface area contributed by atoms with Crippen LogP contribution in [0.1, 0.15) is 23.2 Å². The van der Waals surface area contributed by atoms with Crippen LogP contribution in [0.3, 0.4) is 0 Å². The molecule has 2 fully saturated rings. The highest BCUT2D eigenvalue weighted by atomic mass is 79.9. The lowest BCUT2D eigenvalue weighted by Crippen LogP contribution is -2.49. The SMILES string of the molecule is Cl.Cl.Nc1cc(Br)ccc1C(=O)N1CCN(CC2CC2)CC1. The second-order valence-corrected chi connectivity index (χ2v) is 6.68. The van der Waals surface area contributed by atoms with Crippen molar-refractivity contribution < 1.29 is 4.79 Å². The molecule has 1 aromatic rings. The Morgan fingerprint density at radius 3 is 2.36 bits per heavy atom. The summed E-state index contributed by atoms with van der Waals surface area (Å²) in [4.78, 5) is 16.9. The number of nitrogens with zero attached hydrogens (tertiary/aromatic N) is 2. The van der Waals surface area contributed by atoms with Gasteiger partial charge in [-0.05, 0) is 37.0 Å². The number of nitrogen functional groups attached to an aromatic ring is 1. The van der Waals surface area contributed by atoms with Gasteiger partial charge in [0, 0.05) is 42.9 Å². The minimum Gasteiger partial charge on any atom is -0.398 e. The molecule has 4 nitrogen and oxygen atoms in total. The molecule has 2 aliphatic rings. The van der Waals surface area contributed by atoms with Crippen LogP contribution in [0, 0.1) is 5.92 Å². The summed E-state index contributed by atoms with van der Waals surface area (Å²) in [5.74, 6) is 0.973. The summed E-state index contributed by atoms with van der Waals surface area (Å²) in [5.41, 5.74) is 7.10. The van der Waals surface area contributed by atoms with Crippen molar-refractivity contribution in [1.82, 2.24) is 9.80 Å². The highest BCUT2D eigenvalue weighted by Gasteiger charge is 2.28. The Balaban J connectivity index is 0.00000121. The number of benzene rings is 1. The first-order valence-electron chi connectivity index (χ1n) is 7.20. The molecule has 0 aromatic heterocycles. The first kappa shape index (κ1) is 19.6. The fourth-order valence-corrected chi connectivity index (χ4v) is 3.08. The lowest BCUT2D eigenvalue weighted by atomic mass is 10.1. The predicted molar refractivity (Wildman–Crippen MR) is 98.1 cm³/mol. The molecule has 3 rings (SSSR count). The standard InChI is InChI=1S/C15H20BrN3O.2ClH/c16-12-3-4-13(14(17)9-12)15(20)19-7-5-18(6-8-19)10-11-1-2-11;;/h3-4,9,11H,1-2,5-8,10,17H2;2*1H. The van der Waals surface area contributed by atoms with Gasteiger partial charge < -0.3 is 10.6 Å². The van der Waals surface area contributed by atoms with E-state index in [0.29, 0.717) is 11.3 Å². The number of carbonyl (C=O) groups is 1. The van der Waals surface area contributed by atoms with Crippen LogP contribution in [0.15, 0.2) is 22.7 Å². The molecule has 1 heterocycles. The summed E-state index contributed by atoms with van der Waals surface area (Å²) in [6.45, 7) is 4.79. The number of halogens is 3. The van der Waals surface area contributed by atoms with Crippen LogP contribution in [0.25, 0.3) is 0 Å². The second-order valence-electron chi connectivity index (χ2n) is 5.77. The predicted octanol–water partition coefficient (Wildman–Crippen LogP) is 3.04. The average molecular weight is 411 g/mol. The second kappa shape index (κ2) is 8.39. The molecule has 0 unspecified atom stereocenters. The summed E-state index contributed by atoms with van der Waals surface area (Å²) in [7, 11) is 0. The van der Waals surface area contributed by atoms with Gasteiger partial charge in [-0.25, -0.2) is 0 Å². The maximum Gasteiger partial charge on any atom is 0.256 e. The summed E-state index contributed by atoms with van der Waals surface area (Å²) in [6, 6.07) is 5.46. The van der Waals surface area contributed by atoms with Crippen molar-refractivity contribution in [3.05, 3.63) is 28.2 Å². The molecule has 1 aliphatic carbocycles. The lowest BCUT2D eigenvalue weighted by Gasteiger charge is -2.35. The maximum absolute atomic E-state index is 12.5. The third kappa shape index (κ3) is 4.75. The zero-order chi connectivity index (χ0) is 14.1. The maximum atomic E-state index is 12.5. The molecule has 1 aliphatic heterocycles. The van der Waals surface area contributed by atoms with E-state index in [0.717, 1.165) is 36.6 Å². The molecule has 0 radical (unpaired) electrons. The summed E-state index contributed by atoms with van der Waals surface area (Å²) in [6.07, 6.45) is 2.77. The largest absolute Gasteiger partial charge is 0.398 e. The van der Waals surface area contributed by atoms with Crippen LogP contribution in [-0.2, 0) is 0 Å². The van der Waals surface area contributed by atoms with E-state index in [2.05, 4.69) is 20.8 Å². The van der Waals surface area contributed by atoms with E-state index in [9.17, 15) is 4.79 Å². The van der Waals surface area contributed by atoms with E-state index in [1.165, 1.54) is 19.4 Å². The minimum absolute atomic E-state index is 0. The molecule has 0 atom stereocenters. The first-order chi connectivity index (χ1) is 9.63. The van der Waals surface area contributed by atoms with Gasteiger partial charge >= 0.3 is 0 Å². The van der Waals surface area contributed by atoms with Crippen LogP contribution in [-0.4, -0.2) is 48.4 Å². The van der Waals surface area contributed by atoms with Gasteiger partial charge in [0.25, 0.3) is 5.91 Å². The molecule has 124 valence electrons. The van der Waals surface area contributed by atoms with E-state index in [1.54, 1.807) is 12.1 Å². The number of hydrogen-bond acceptors (Lipinski definition) is 3. The van der Waals surface area contributed by atoms with Crippen LogP contribution in [0.2, 0.25) is 0 Å². The molecule has 1 saturated carbocycles. The topological polar surface area (TPSA) is 49.6 Å². The molecule has 0 spiro atoms. The monoisotopic (exact) mass is 409 g/mol.